The number of phenols is 1. The Morgan fingerprint density at radius 2 is 0.972 bits per heavy atom. The van der Waals surface area contributed by atoms with Crippen LogP contribution in [-0.4, -0.2) is 343 Å². The summed E-state index contributed by atoms with van der Waals surface area (Å²) in [5.41, 5.74) is 0.194. The van der Waals surface area contributed by atoms with Crippen molar-refractivity contribution >= 4 is 42.0 Å². The Morgan fingerprint density at radius 3 is 1.56 bits per heavy atom. The largest absolute Gasteiger partial charge is 0.504 e. The summed E-state index contributed by atoms with van der Waals surface area (Å²) < 4.78 is 107. The van der Waals surface area contributed by atoms with E-state index in [9.17, 15) is 106 Å². The summed E-state index contributed by atoms with van der Waals surface area (Å²) in [6.45, 7) is -3.36. The third-order valence-electron chi connectivity index (χ3n) is 17.9. The van der Waals surface area contributed by atoms with Gasteiger partial charge in [-0.25, -0.2) is 14.4 Å². The lowest BCUT2D eigenvalue weighted by atomic mass is 9.95. The summed E-state index contributed by atoms with van der Waals surface area (Å²) in [7, 11) is 2.48. The minimum absolute atomic E-state index is 0.0136. The predicted octanol–water partition coefficient (Wildman–Crippen LogP) is -6.46. The number of rotatable bonds is 28. The first-order chi connectivity index (χ1) is 50.4. The minimum atomic E-state index is -3.08. The van der Waals surface area contributed by atoms with Gasteiger partial charge in [0.2, 0.25) is 12.1 Å². The Morgan fingerprint density at radius 1 is 0.462 bits per heavy atom. The second kappa shape index (κ2) is 36.7. The van der Waals surface area contributed by atoms with E-state index in [0.717, 1.165) is 32.1 Å². The fourth-order valence-corrected chi connectivity index (χ4v) is 12.1. The Bertz CT molecular complexity index is 3470. The normalized spacial score (nSPS) is 37.6. The molecule has 6 aliphatic heterocycles. The van der Waals surface area contributed by atoms with E-state index in [0.29, 0.717) is 0 Å². The molecule has 6 fully saturated rings. The van der Waals surface area contributed by atoms with Crippen molar-refractivity contribution in [3.8, 4) is 23.0 Å². The van der Waals surface area contributed by atoms with E-state index >= 15 is 0 Å². The number of hydrogen-bond acceptors (Lipinski definition) is 39. The van der Waals surface area contributed by atoms with Crippen LogP contribution in [0.3, 0.4) is 0 Å². The predicted molar refractivity (Wildman–Crippen MR) is 342 cm³/mol. The maximum atomic E-state index is 14.8. The van der Waals surface area contributed by atoms with Crippen LogP contribution >= 0.6 is 0 Å². The molecule has 0 aromatic heterocycles. The molecule has 6 heterocycles. The number of ether oxygens (including phenoxy) is 18. The number of hydrogen-bond donors (Lipinski definition) is 16. The molecule has 6 saturated heterocycles. The summed E-state index contributed by atoms with van der Waals surface area (Å²) in [5.74, 6) is -9.46. The minimum Gasteiger partial charge on any atom is -0.504 e. The number of phenolic OH excluding ortho intramolecular Hbond substituents is 1. The molecule has 6 aliphatic rings. The standard InChI is InChI=1S/C67H86O39/c1-27-44(76)49(81)52(84)62(94-27)95-34-16-12-31(20-36(34)90-5)14-18-43(75)100-56-41(25-92-29(3)72)99-66(106-67(26-93-42(74)17-13-30-11-15-33(73)35(19-30)89-4)60(48(80)39(23-70)105-67)104-61(88)32-9-7-6-8-10-32)59(103-64-54(86)51(83)46(78)38(22-69)97-64)58(56)102-65-55(87)57(47(79)40(98-65)24-91-28(2)71)101-63-53(85)50(82)45(77)37(21-68)96-63/h6-20,27,37-41,44-60,62-66,68-70,73,76-87H,21-26H2,1-5H3/b17-13+,18-14+/t27-,37+,38+,39+,40+,41+,44-,45+,46+,47+,48+,49+,50-,51-,52+,53+,54+,55+,56+,57-,58-,59+,60-,62-,63-,64-,65-,66+,67-/m0/s1. The van der Waals surface area contributed by atoms with Gasteiger partial charge in [-0.2, -0.15) is 0 Å². The van der Waals surface area contributed by atoms with E-state index in [1.165, 1.54) is 93.9 Å². The highest BCUT2D eigenvalue weighted by molar-refractivity contribution is 5.90. The second-order valence-electron chi connectivity index (χ2n) is 25.1. The zero-order valence-electron chi connectivity index (χ0n) is 57.1. The van der Waals surface area contributed by atoms with Crippen molar-refractivity contribution in [2.24, 2.45) is 0 Å². The monoisotopic (exact) mass is 1510 g/mol. The van der Waals surface area contributed by atoms with Gasteiger partial charge in [-0.15, -0.1) is 0 Å². The molecule has 9 rings (SSSR count). The highest BCUT2D eigenvalue weighted by atomic mass is 16.8. The highest BCUT2D eigenvalue weighted by Gasteiger charge is 2.65. The Hall–Kier alpha value is -7.31. The zero-order chi connectivity index (χ0) is 77.2. The van der Waals surface area contributed by atoms with Gasteiger partial charge in [0.15, 0.2) is 60.4 Å². The van der Waals surface area contributed by atoms with Crippen molar-refractivity contribution in [3.63, 3.8) is 0 Å². The van der Waals surface area contributed by atoms with E-state index in [2.05, 4.69) is 0 Å². The van der Waals surface area contributed by atoms with Crippen LogP contribution in [0.2, 0.25) is 0 Å². The van der Waals surface area contributed by atoms with Gasteiger partial charge >= 0.3 is 29.8 Å². The molecule has 588 valence electrons. The molecule has 16 N–H and O–H groups in total. The van der Waals surface area contributed by atoms with E-state index in [-0.39, 0.29) is 39.7 Å². The van der Waals surface area contributed by atoms with Crippen LogP contribution in [0.4, 0.5) is 0 Å². The van der Waals surface area contributed by atoms with Gasteiger partial charge in [0.25, 0.3) is 0 Å². The topological polar surface area (TPSA) is 575 Å². The molecule has 3 aromatic carbocycles. The number of methoxy groups -OCH3 is 2. The molecule has 0 bridgehead atoms. The molecule has 0 saturated carbocycles. The van der Waals surface area contributed by atoms with Gasteiger partial charge in [-0.1, -0.05) is 30.3 Å². The Balaban J connectivity index is 1.20. The van der Waals surface area contributed by atoms with Gasteiger partial charge in [0, 0.05) is 26.0 Å². The van der Waals surface area contributed by atoms with Crippen LogP contribution < -0.4 is 14.2 Å². The fourth-order valence-electron chi connectivity index (χ4n) is 12.1. The SMILES string of the molecule is COc1cc(/C=C/C(=O)OC[C@@]2(O[C@H]3O[C@H](COC(C)=O)[C@@H](OC(=O)/C=C/c4ccc(O[C@@H]5O[C@@H](C)[C@H](O)[C@@H](O)[C@H]5O)c(OC)c4)[C@H](O[C@@H]4O[C@H](COC(C)=O)[C@@H](O)[C@H](O[C@@H]5O[C@H](CO)[C@@H](O)[C@H](O)[C@H]5O)[C@H]4O)[C@H]3O[C@@H]3O[C@H](CO)[C@@H](O)[C@H](O)[C@H]3O)O[C@H](CO)[C@@H](O)[C@@H]2OC(=O)c2ccccc2)ccc1O. The summed E-state index contributed by atoms with van der Waals surface area (Å²) in [4.78, 5) is 68.5. The maximum absolute atomic E-state index is 14.8. The molecule has 39 nitrogen and oxygen atoms in total. The van der Waals surface area contributed by atoms with Gasteiger partial charge in [-0.05, 0) is 66.6 Å². The third-order valence-corrected chi connectivity index (χ3v) is 17.9. The van der Waals surface area contributed by atoms with Gasteiger partial charge < -0.3 is 167 Å². The number of aliphatic hydroxyl groups excluding tert-OH is 15. The zero-order valence-corrected chi connectivity index (χ0v) is 57.1. The van der Waals surface area contributed by atoms with E-state index in [1.807, 2.05) is 0 Å². The van der Waals surface area contributed by atoms with Crippen molar-refractivity contribution in [1.29, 1.82) is 0 Å². The quantitative estimate of drug-likeness (QED) is 0.0183. The molecule has 3 aromatic rings. The third kappa shape index (κ3) is 19.2. The van der Waals surface area contributed by atoms with Crippen molar-refractivity contribution in [1.82, 2.24) is 0 Å². The molecule has 106 heavy (non-hydrogen) atoms. The maximum Gasteiger partial charge on any atom is 0.338 e. The molecule has 0 amide bonds. The second-order valence-corrected chi connectivity index (χ2v) is 25.1. The summed E-state index contributed by atoms with van der Waals surface area (Å²) >= 11 is 0. The number of aliphatic hydroxyl groups is 15. The van der Waals surface area contributed by atoms with Crippen molar-refractivity contribution in [2.75, 3.05) is 53.9 Å². The van der Waals surface area contributed by atoms with Crippen LogP contribution in [0.1, 0.15) is 42.3 Å². The summed E-state index contributed by atoms with van der Waals surface area (Å²) in [6.07, 6.45) is -54.6. The first kappa shape index (κ1) is 82.7. The van der Waals surface area contributed by atoms with Crippen molar-refractivity contribution in [3.05, 3.63) is 95.6 Å². The molecule has 0 radical (unpaired) electrons. The molecular formula is C67H86O39. The Labute approximate surface area is 602 Å². The van der Waals surface area contributed by atoms with Crippen LogP contribution in [0.15, 0.2) is 78.9 Å². The molecular weight excluding hydrogens is 1430 g/mol. The molecule has 39 heteroatoms. The highest BCUT2D eigenvalue weighted by Crippen LogP contribution is 2.43. The van der Waals surface area contributed by atoms with Crippen LogP contribution in [0.5, 0.6) is 23.0 Å². The van der Waals surface area contributed by atoms with E-state index < -0.39 is 247 Å². The smallest absolute Gasteiger partial charge is 0.338 e. The average molecular weight is 1520 g/mol. The number of carbonyl (C=O) groups is 5. The van der Waals surface area contributed by atoms with Crippen LogP contribution in [0, 0.1) is 0 Å². The van der Waals surface area contributed by atoms with Gasteiger partial charge in [0.1, 0.15) is 142 Å². The molecule has 0 unspecified atom stereocenters. The Kier molecular flexibility index (Phi) is 28.7. The van der Waals surface area contributed by atoms with Crippen LogP contribution in [0.25, 0.3) is 12.2 Å². The fraction of sp³-hybridized carbons (Fsp3) is 0.597. The summed E-state index contributed by atoms with van der Waals surface area (Å²) in [5, 5.41) is 176. The summed E-state index contributed by atoms with van der Waals surface area (Å²) in [6, 6.07) is 14.9. The van der Waals surface area contributed by atoms with Crippen molar-refractivity contribution in [2.45, 2.75) is 198 Å². The average Bonchev–Trinajstić information content (AvgIpc) is 1.39. The lowest BCUT2D eigenvalue weighted by molar-refractivity contribution is -0.423. The number of benzene rings is 3. The lowest BCUT2D eigenvalue weighted by Gasteiger charge is -2.51. The number of aromatic hydroxyl groups is 1. The van der Waals surface area contributed by atoms with Gasteiger partial charge in [0.05, 0.1) is 45.7 Å². The lowest BCUT2D eigenvalue weighted by Crippen LogP contribution is -2.69. The van der Waals surface area contributed by atoms with E-state index in [1.54, 1.807) is 0 Å². The first-order valence-electron chi connectivity index (χ1n) is 33.0. The van der Waals surface area contributed by atoms with Crippen LogP contribution in [-0.2, 0) is 90.2 Å². The number of esters is 5. The first-order valence-corrected chi connectivity index (χ1v) is 33.0. The number of carbonyl (C=O) groups excluding carboxylic acids is 5. The van der Waals surface area contributed by atoms with E-state index in [4.69, 9.17) is 85.3 Å². The molecule has 0 aliphatic carbocycles. The molecule has 29 atom stereocenters. The van der Waals surface area contributed by atoms with Crippen molar-refractivity contribution < 1.29 is 191 Å². The van der Waals surface area contributed by atoms with Gasteiger partial charge in [-0.3, -0.25) is 9.59 Å². The molecule has 0 spiro atoms.